The number of rotatable bonds is 6. The molecule has 0 radical (unpaired) electrons. The molecule has 178 valence electrons. The Morgan fingerprint density at radius 1 is 0.970 bits per heavy atom. The largest absolute Gasteiger partial charge is 0.573 e. The van der Waals surface area contributed by atoms with Crippen LogP contribution in [-0.2, 0) is 16.6 Å². The molecule has 4 rings (SSSR count). The van der Waals surface area contributed by atoms with Crippen molar-refractivity contribution in [2.24, 2.45) is 0 Å². The predicted molar refractivity (Wildman–Crippen MR) is 117 cm³/mol. The molecule has 1 aliphatic rings. The summed E-state index contributed by atoms with van der Waals surface area (Å²) in [6.07, 6.45) is -3.27. The minimum atomic E-state index is -4.85. The molecule has 11 heteroatoms. The molecule has 33 heavy (non-hydrogen) atoms. The highest BCUT2D eigenvalue weighted by Crippen LogP contribution is 2.31. The van der Waals surface area contributed by atoms with Crippen molar-refractivity contribution in [1.29, 1.82) is 0 Å². The van der Waals surface area contributed by atoms with E-state index >= 15 is 0 Å². The highest BCUT2D eigenvalue weighted by molar-refractivity contribution is 7.90. The Hall–Kier alpha value is -2.76. The van der Waals surface area contributed by atoms with E-state index < -0.39 is 22.1 Å². The number of ether oxygens (including phenoxy) is 2. The first kappa shape index (κ1) is 23.4. The fraction of sp³-hybridized carbons (Fsp3) is 0.364. The first-order chi connectivity index (χ1) is 15.6. The molecule has 0 amide bonds. The number of aromatic nitrogens is 1. The van der Waals surface area contributed by atoms with Crippen LogP contribution in [0.3, 0.4) is 0 Å². The third kappa shape index (κ3) is 5.10. The zero-order valence-corrected chi connectivity index (χ0v) is 19.0. The SMILES string of the molecule is COc1ccc2c(c1)c(CN1CCN(C)CC1)cn2S(=O)(=O)c1ccc(OC(F)(F)F)cc1. The van der Waals surface area contributed by atoms with Gasteiger partial charge < -0.3 is 14.4 Å². The van der Waals surface area contributed by atoms with Gasteiger partial charge in [0.25, 0.3) is 10.0 Å². The number of fused-ring (bicyclic) bond motifs is 1. The summed E-state index contributed by atoms with van der Waals surface area (Å²) in [6, 6.07) is 9.32. The number of halogens is 3. The minimum Gasteiger partial charge on any atom is -0.497 e. The van der Waals surface area contributed by atoms with Gasteiger partial charge >= 0.3 is 6.36 Å². The molecule has 2 heterocycles. The zero-order valence-electron chi connectivity index (χ0n) is 18.2. The highest BCUT2D eigenvalue weighted by atomic mass is 32.2. The molecule has 0 atom stereocenters. The second kappa shape index (κ2) is 8.88. The van der Waals surface area contributed by atoms with E-state index in [4.69, 9.17) is 4.74 Å². The Kier molecular flexibility index (Phi) is 6.30. The van der Waals surface area contributed by atoms with Crippen LogP contribution in [0.5, 0.6) is 11.5 Å². The number of piperazine rings is 1. The van der Waals surface area contributed by atoms with Gasteiger partial charge in [-0.05, 0) is 55.1 Å². The summed E-state index contributed by atoms with van der Waals surface area (Å²) in [5, 5.41) is 0.744. The Bertz CT molecular complexity index is 1230. The quantitative estimate of drug-likeness (QED) is 0.535. The van der Waals surface area contributed by atoms with Crippen LogP contribution in [-0.4, -0.2) is 68.9 Å². The van der Waals surface area contributed by atoms with Crippen LogP contribution < -0.4 is 9.47 Å². The summed E-state index contributed by atoms with van der Waals surface area (Å²) < 4.78 is 74.4. The molecule has 1 aliphatic heterocycles. The average molecular weight is 484 g/mol. The maximum absolute atomic E-state index is 13.4. The third-order valence-electron chi connectivity index (χ3n) is 5.66. The van der Waals surface area contributed by atoms with E-state index in [-0.39, 0.29) is 4.90 Å². The fourth-order valence-electron chi connectivity index (χ4n) is 3.87. The van der Waals surface area contributed by atoms with Gasteiger partial charge in [-0.3, -0.25) is 4.90 Å². The van der Waals surface area contributed by atoms with Gasteiger partial charge in [0, 0.05) is 44.3 Å². The number of methoxy groups -OCH3 is 1. The third-order valence-corrected chi connectivity index (χ3v) is 7.35. The minimum absolute atomic E-state index is 0.143. The molecule has 1 aromatic heterocycles. The van der Waals surface area contributed by atoms with Crippen molar-refractivity contribution in [2.45, 2.75) is 17.8 Å². The second-order valence-corrected chi connectivity index (χ2v) is 9.75. The summed E-state index contributed by atoms with van der Waals surface area (Å²) in [4.78, 5) is 4.35. The monoisotopic (exact) mass is 483 g/mol. The van der Waals surface area contributed by atoms with Crippen LogP contribution in [0.1, 0.15) is 5.56 Å². The predicted octanol–water partition coefficient (Wildman–Crippen LogP) is 3.53. The molecular formula is C22H24F3N3O4S. The lowest BCUT2D eigenvalue weighted by atomic mass is 10.1. The van der Waals surface area contributed by atoms with Gasteiger partial charge in [-0.2, -0.15) is 0 Å². The molecular weight excluding hydrogens is 459 g/mol. The Labute approximate surface area is 190 Å². The number of alkyl halides is 3. The van der Waals surface area contributed by atoms with E-state index in [1.165, 1.54) is 3.97 Å². The molecule has 0 aliphatic carbocycles. The number of hydrogen-bond donors (Lipinski definition) is 0. The van der Waals surface area contributed by atoms with E-state index in [1.54, 1.807) is 31.5 Å². The van der Waals surface area contributed by atoms with Crippen molar-refractivity contribution < 1.29 is 31.1 Å². The number of benzene rings is 2. The van der Waals surface area contributed by atoms with Gasteiger partial charge in [-0.25, -0.2) is 12.4 Å². The van der Waals surface area contributed by atoms with Gasteiger partial charge in [-0.15, -0.1) is 13.2 Å². The molecule has 3 aromatic rings. The summed E-state index contributed by atoms with van der Waals surface area (Å²) in [7, 11) is -0.460. The molecule has 0 N–H and O–H groups in total. The molecule has 0 saturated carbocycles. The zero-order chi connectivity index (χ0) is 23.8. The standard InChI is InChI=1S/C22H24F3N3O4S/c1-26-9-11-27(12-10-26)14-16-15-28(21-8-5-18(31-2)13-20(16)21)33(29,30)19-6-3-17(4-7-19)32-22(23,24)25/h3-8,13,15H,9-12,14H2,1-2H3. The van der Waals surface area contributed by atoms with Crippen molar-refractivity contribution in [1.82, 2.24) is 13.8 Å². The van der Waals surface area contributed by atoms with Gasteiger partial charge in [0.1, 0.15) is 11.5 Å². The topological polar surface area (TPSA) is 64.0 Å². The fourth-order valence-corrected chi connectivity index (χ4v) is 5.26. The lowest BCUT2D eigenvalue weighted by Gasteiger charge is -2.32. The van der Waals surface area contributed by atoms with E-state index in [0.717, 1.165) is 61.4 Å². The van der Waals surface area contributed by atoms with Crippen molar-refractivity contribution in [3.05, 3.63) is 54.2 Å². The Morgan fingerprint density at radius 3 is 2.21 bits per heavy atom. The van der Waals surface area contributed by atoms with Crippen LogP contribution in [0.2, 0.25) is 0 Å². The first-order valence-electron chi connectivity index (χ1n) is 10.3. The van der Waals surface area contributed by atoms with Crippen LogP contribution in [0, 0.1) is 0 Å². The molecule has 0 bridgehead atoms. The normalized spacial score (nSPS) is 16.3. The lowest BCUT2D eigenvalue weighted by molar-refractivity contribution is -0.274. The molecule has 2 aromatic carbocycles. The summed E-state index contributed by atoms with van der Waals surface area (Å²) in [5.74, 6) is 0.116. The van der Waals surface area contributed by atoms with Crippen LogP contribution >= 0.6 is 0 Å². The van der Waals surface area contributed by atoms with E-state index in [9.17, 15) is 21.6 Å². The van der Waals surface area contributed by atoms with Gasteiger partial charge in [0.15, 0.2) is 0 Å². The van der Waals surface area contributed by atoms with Crippen molar-refractivity contribution in [3.63, 3.8) is 0 Å². The Balaban J connectivity index is 1.72. The molecule has 1 fully saturated rings. The van der Waals surface area contributed by atoms with Gasteiger partial charge in [0.05, 0.1) is 17.5 Å². The second-order valence-electron chi connectivity index (χ2n) is 7.94. The summed E-state index contributed by atoms with van der Waals surface area (Å²) in [5.41, 5.74) is 1.30. The lowest BCUT2D eigenvalue weighted by Crippen LogP contribution is -2.43. The van der Waals surface area contributed by atoms with E-state index in [0.29, 0.717) is 17.8 Å². The molecule has 0 unspecified atom stereocenters. The van der Waals surface area contributed by atoms with E-state index in [1.807, 2.05) is 0 Å². The number of likely N-dealkylation sites (N-methyl/N-ethyl adjacent to an activating group) is 1. The maximum Gasteiger partial charge on any atom is 0.573 e. The Morgan fingerprint density at radius 2 is 1.61 bits per heavy atom. The van der Waals surface area contributed by atoms with Crippen molar-refractivity contribution >= 4 is 20.9 Å². The van der Waals surface area contributed by atoms with E-state index in [2.05, 4.69) is 21.6 Å². The van der Waals surface area contributed by atoms with Gasteiger partial charge in [0.2, 0.25) is 0 Å². The van der Waals surface area contributed by atoms with Crippen LogP contribution in [0.15, 0.2) is 53.6 Å². The molecule has 0 spiro atoms. The van der Waals surface area contributed by atoms with Crippen LogP contribution in [0.4, 0.5) is 13.2 Å². The number of hydrogen-bond acceptors (Lipinski definition) is 6. The van der Waals surface area contributed by atoms with Crippen molar-refractivity contribution in [2.75, 3.05) is 40.3 Å². The van der Waals surface area contributed by atoms with Crippen molar-refractivity contribution in [3.8, 4) is 11.5 Å². The number of nitrogens with zero attached hydrogens (tertiary/aromatic N) is 3. The average Bonchev–Trinajstić information content (AvgIpc) is 3.13. The highest BCUT2D eigenvalue weighted by Gasteiger charge is 2.31. The molecule has 1 saturated heterocycles. The maximum atomic E-state index is 13.4. The first-order valence-corrected chi connectivity index (χ1v) is 11.7. The summed E-state index contributed by atoms with van der Waals surface area (Å²) in [6.45, 7) is 4.14. The van der Waals surface area contributed by atoms with Gasteiger partial charge in [-0.1, -0.05) is 0 Å². The molecule has 7 nitrogen and oxygen atoms in total. The summed E-state index contributed by atoms with van der Waals surface area (Å²) >= 11 is 0. The smallest absolute Gasteiger partial charge is 0.497 e. The van der Waals surface area contributed by atoms with Crippen LogP contribution in [0.25, 0.3) is 10.9 Å².